The molecule has 15 heavy (non-hydrogen) atoms. The number of hydrogen-bond donors (Lipinski definition) is 1. The van der Waals surface area contributed by atoms with Crippen LogP contribution in [-0.4, -0.2) is 18.3 Å². The summed E-state index contributed by atoms with van der Waals surface area (Å²) in [4.78, 5) is 0. The maximum Gasteiger partial charge on any atom is 0.147 e. The molecule has 0 aliphatic heterocycles. The zero-order valence-electron chi connectivity index (χ0n) is 8.59. The van der Waals surface area contributed by atoms with Crippen LogP contribution in [0.25, 0.3) is 0 Å². The van der Waals surface area contributed by atoms with Crippen molar-refractivity contribution in [2.75, 3.05) is 13.2 Å². The molecule has 2 nitrogen and oxygen atoms in total. The third kappa shape index (κ3) is 3.78. The summed E-state index contributed by atoms with van der Waals surface area (Å²) in [5.41, 5.74) is 1.27. The van der Waals surface area contributed by atoms with Gasteiger partial charge in [0, 0.05) is 0 Å². The summed E-state index contributed by atoms with van der Waals surface area (Å²) in [6.45, 7) is 2.48. The van der Waals surface area contributed by atoms with E-state index in [4.69, 9.17) is 9.84 Å². The van der Waals surface area contributed by atoms with E-state index < -0.39 is 0 Å². The van der Waals surface area contributed by atoms with Gasteiger partial charge < -0.3 is 9.84 Å². The van der Waals surface area contributed by atoms with Crippen LogP contribution < -0.4 is 4.74 Å². The highest BCUT2D eigenvalue weighted by Gasteiger charge is 2.08. The van der Waals surface area contributed by atoms with Crippen LogP contribution in [0.1, 0.15) is 18.9 Å². The summed E-state index contributed by atoms with van der Waals surface area (Å²) in [6, 6.07) is 4.11. The molecule has 0 radical (unpaired) electrons. The summed E-state index contributed by atoms with van der Waals surface area (Å²) in [5, 5.41) is 8.69. The molecule has 4 heteroatoms. The normalized spacial score (nSPS) is 10.4. The number of hydrogen-bond acceptors (Lipinski definition) is 2. The summed E-state index contributed by atoms with van der Waals surface area (Å²) in [7, 11) is 0. The molecule has 84 valence electrons. The first-order chi connectivity index (χ1) is 7.19. The minimum absolute atomic E-state index is 0.0234. The molecule has 0 bridgehead atoms. The third-order valence-electron chi connectivity index (χ3n) is 1.93. The van der Waals surface area contributed by atoms with E-state index in [1.165, 1.54) is 5.56 Å². The van der Waals surface area contributed by atoms with Gasteiger partial charge in [-0.05, 0) is 56.0 Å². The lowest BCUT2D eigenvalue weighted by Crippen LogP contribution is -2.03. The van der Waals surface area contributed by atoms with Gasteiger partial charge in [0.25, 0.3) is 0 Å². The van der Waals surface area contributed by atoms with Crippen molar-refractivity contribution in [2.24, 2.45) is 0 Å². The van der Waals surface area contributed by atoms with Crippen LogP contribution in [0.5, 0.6) is 5.75 Å². The Kier molecular flexibility index (Phi) is 5.64. The highest BCUT2D eigenvalue weighted by atomic mass is 79.9. The summed E-state index contributed by atoms with van der Waals surface area (Å²) in [5.74, 6) is 0.754. The van der Waals surface area contributed by atoms with Crippen molar-refractivity contribution in [1.82, 2.24) is 0 Å². The molecule has 1 aromatic carbocycles. The van der Waals surface area contributed by atoms with Gasteiger partial charge in [0.1, 0.15) is 12.4 Å². The molecule has 0 atom stereocenters. The first-order valence-corrected chi connectivity index (χ1v) is 6.49. The summed E-state index contributed by atoms with van der Waals surface area (Å²) in [6.07, 6.45) is 2.17. The molecular weight excluding hydrogens is 324 g/mol. The van der Waals surface area contributed by atoms with E-state index in [1.807, 2.05) is 0 Å². The second-order valence-electron chi connectivity index (χ2n) is 3.21. The molecule has 0 unspecified atom stereocenters. The van der Waals surface area contributed by atoms with E-state index in [1.54, 1.807) is 0 Å². The van der Waals surface area contributed by atoms with Gasteiger partial charge in [0.05, 0.1) is 15.6 Å². The average molecular weight is 338 g/mol. The number of aliphatic hydroxyl groups is 1. The van der Waals surface area contributed by atoms with Gasteiger partial charge in [-0.15, -0.1) is 0 Å². The summed E-state index contributed by atoms with van der Waals surface area (Å²) < 4.78 is 7.26. The van der Waals surface area contributed by atoms with Gasteiger partial charge >= 0.3 is 0 Å². The lowest BCUT2D eigenvalue weighted by Gasteiger charge is -2.11. The lowest BCUT2D eigenvalue weighted by atomic mass is 10.1. The van der Waals surface area contributed by atoms with Crippen LogP contribution in [0.15, 0.2) is 21.1 Å². The summed E-state index contributed by atoms with van der Waals surface area (Å²) >= 11 is 6.92. The van der Waals surface area contributed by atoms with Gasteiger partial charge in [-0.2, -0.15) is 0 Å². The molecule has 1 aromatic rings. The second-order valence-corrected chi connectivity index (χ2v) is 4.92. The quantitative estimate of drug-likeness (QED) is 0.890. The number of benzene rings is 1. The molecule has 0 heterocycles. The van der Waals surface area contributed by atoms with Crippen molar-refractivity contribution in [3.8, 4) is 5.75 Å². The van der Waals surface area contributed by atoms with Crippen LogP contribution in [0.3, 0.4) is 0 Å². The predicted octanol–water partition coefficient (Wildman–Crippen LogP) is 3.54. The third-order valence-corrected chi connectivity index (χ3v) is 3.11. The Morgan fingerprint density at radius 2 is 1.87 bits per heavy atom. The molecule has 0 saturated heterocycles. The highest BCUT2D eigenvalue weighted by molar-refractivity contribution is 9.11. The first kappa shape index (κ1) is 13.0. The fourth-order valence-electron chi connectivity index (χ4n) is 1.33. The van der Waals surface area contributed by atoms with E-state index in [0.717, 1.165) is 27.5 Å². The van der Waals surface area contributed by atoms with Crippen LogP contribution >= 0.6 is 31.9 Å². The minimum Gasteiger partial charge on any atom is -0.489 e. The Hall–Kier alpha value is -0.0600. The molecule has 0 aliphatic rings. The molecule has 0 spiro atoms. The molecule has 1 rings (SSSR count). The van der Waals surface area contributed by atoms with E-state index in [-0.39, 0.29) is 6.61 Å². The Labute approximate surface area is 107 Å². The van der Waals surface area contributed by atoms with E-state index in [0.29, 0.717) is 6.61 Å². The first-order valence-electron chi connectivity index (χ1n) is 4.90. The van der Waals surface area contributed by atoms with Crippen molar-refractivity contribution in [3.05, 3.63) is 26.6 Å². The van der Waals surface area contributed by atoms with Crippen LogP contribution in [0, 0.1) is 0 Å². The minimum atomic E-state index is 0.0234. The highest BCUT2D eigenvalue weighted by Crippen LogP contribution is 2.35. The standard InChI is InChI=1S/C11H14Br2O2/c1-2-3-8-6-9(12)11(10(13)7-8)15-5-4-14/h6-7,14H,2-5H2,1H3. The molecule has 0 aliphatic carbocycles. The zero-order valence-corrected chi connectivity index (χ0v) is 11.8. The van der Waals surface area contributed by atoms with E-state index in [2.05, 4.69) is 50.9 Å². The van der Waals surface area contributed by atoms with Crippen molar-refractivity contribution in [2.45, 2.75) is 19.8 Å². The van der Waals surface area contributed by atoms with Crippen molar-refractivity contribution < 1.29 is 9.84 Å². The molecular formula is C11H14Br2O2. The van der Waals surface area contributed by atoms with Gasteiger partial charge in [-0.25, -0.2) is 0 Å². The van der Waals surface area contributed by atoms with Crippen LogP contribution in [0.4, 0.5) is 0 Å². The average Bonchev–Trinajstić information content (AvgIpc) is 2.17. The zero-order chi connectivity index (χ0) is 11.3. The van der Waals surface area contributed by atoms with E-state index in [9.17, 15) is 0 Å². The molecule has 0 saturated carbocycles. The maximum absolute atomic E-state index is 8.69. The Morgan fingerprint density at radius 1 is 1.27 bits per heavy atom. The number of rotatable bonds is 5. The number of ether oxygens (including phenoxy) is 1. The van der Waals surface area contributed by atoms with E-state index >= 15 is 0 Å². The number of halogens is 2. The largest absolute Gasteiger partial charge is 0.489 e. The second kappa shape index (κ2) is 6.51. The Bertz CT molecular complexity index is 303. The smallest absolute Gasteiger partial charge is 0.147 e. The van der Waals surface area contributed by atoms with Crippen molar-refractivity contribution >= 4 is 31.9 Å². The monoisotopic (exact) mass is 336 g/mol. The fourth-order valence-corrected chi connectivity index (χ4v) is 2.84. The van der Waals surface area contributed by atoms with Crippen LogP contribution in [-0.2, 0) is 6.42 Å². The Balaban J connectivity index is 2.88. The SMILES string of the molecule is CCCc1cc(Br)c(OCCO)c(Br)c1. The molecule has 0 aromatic heterocycles. The topological polar surface area (TPSA) is 29.5 Å². The van der Waals surface area contributed by atoms with Crippen molar-refractivity contribution in [3.63, 3.8) is 0 Å². The van der Waals surface area contributed by atoms with Crippen molar-refractivity contribution in [1.29, 1.82) is 0 Å². The van der Waals surface area contributed by atoms with Crippen LogP contribution in [0.2, 0.25) is 0 Å². The molecule has 0 fully saturated rings. The van der Waals surface area contributed by atoms with Gasteiger partial charge in [0.15, 0.2) is 0 Å². The van der Waals surface area contributed by atoms with Gasteiger partial charge in [-0.3, -0.25) is 0 Å². The van der Waals surface area contributed by atoms with Gasteiger partial charge in [-0.1, -0.05) is 13.3 Å². The number of aliphatic hydroxyl groups excluding tert-OH is 1. The molecule has 1 N–H and O–H groups in total. The predicted molar refractivity (Wildman–Crippen MR) is 68.4 cm³/mol. The maximum atomic E-state index is 8.69. The Morgan fingerprint density at radius 3 is 2.33 bits per heavy atom. The molecule has 0 amide bonds. The lowest BCUT2D eigenvalue weighted by molar-refractivity contribution is 0.200. The number of aryl methyl sites for hydroxylation is 1. The fraction of sp³-hybridized carbons (Fsp3) is 0.455. The van der Waals surface area contributed by atoms with Gasteiger partial charge in [0.2, 0.25) is 0 Å².